The average molecular weight is 394 g/mol. The standard InChI is InChI=1S/C14H20ClN3.HI/c1-4-10-17-14(16-5-2)18(3)11-12-6-8-13(15)9-7-12;/h4,6-9H,1,5,10-11H2,2-3H3,(H,16,17);1H. The Balaban J connectivity index is 0.00000324. The normalized spacial score (nSPS) is 10.6. The fourth-order valence-electron chi connectivity index (χ4n) is 1.56. The van der Waals surface area contributed by atoms with Crippen LogP contribution in [0.4, 0.5) is 0 Å². The van der Waals surface area contributed by atoms with Crippen LogP contribution < -0.4 is 5.32 Å². The number of nitrogens with one attached hydrogen (secondary N) is 1. The predicted molar refractivity (Wildman–Crippen MR) is 94.5 cm³/mol. The summed E-state index contributed by atoms with van der Waals surface area (Å²) in [5.41, 5.74) is 1.20. The highest BCUT2D eigenvalue weighted by Gasteiger charge is 2.05. The van der Waals surface area contributed by atoms with Gasteiger partial charge in [0.1, 0.15) is 0 Å². The van der Waals surface area contributed by atoms with Gasteiger partial charge in [-0.15, -0.1) is 30.6 Å². The van der Waals surface area contributed by atoms with Crippen molar-refractivity contribution in [3.63, 3.8) is 0 Å². The number of halogens is 2. The van der Waals surface area contributed by atoms with E-state index in [0.29, 0.717) is 6.54 Å². The SMILES string of the molecule is C=CCN=C(NCC)N(C)Cc1ccc(Cl)cc1.I. The first kappa shape index (κ1) is 18.2. The minimum absolute atomic E-state index is 0. The number of guanidine groups is 1. The van der Waals surface area contributed by atoms with E-state index in [4.69, 9.17) is 11.6 Å². The quantitative estimate of drug-likeness (QED) is 0.359. The second-order valence-electron chi connectivity index (χ2n) is 3.97. The molecular formula is C14H21ClIN3. The summed E-state index contributed by atoms with van der Waals surface area (Å²) in [6.45, 7) is 7.99. The van der Waals surface area contributed by atoms with E-state index < -0.39 is 0 Å². The largest absolute Gasteiger partial charge is 0.357 e. The van der Waals surface area contributed by atoms with Gasteiger partial charge in [-0.25, -0.2) is 4.99 Å². The number of hydrogen-bond donors (Lipinski definition) is 1. The van der Waals surface area contributed by atoms with E-state index in [-0.39, 0.29) is 24.0 Å². The zero-order valence-corrected chi connectivity index (χ0v) is 14.5. The van der Waals surface area contributed by atoms with E-state index in [1.165, 1.54) is 5.56 Å². The highest BCUT2D eigenvalue weighted by atomic mass is 127. The molecule has 0 bridgehead atoms. The van der Waals surface area contributed by atoms with Crippen molar-refractivity contribution >= 4 is 41.5 Å². The van der Waals surface area contributed by atoms with Gasteiger partial charge in [0.05, 0.1) is 6.54 Å². The summed E-state index contributed by atoms with van der Waals surface area (Å²) in [6, 6.07) is 7.85. The maximum atomic E-state index is 5.87. The molecule has 5 heteroatoms. The third kappa shape index (κ3) is 6.82. The van der Waals surface area contributed by atoms with Gasteiger partial charge < -0.3 is 10.2 Å². The van der Waals surface area contributed by atoms with Crippen LogP contribution in [-0.4, -0.2) is 31.0 Å². The lowest BCUT2D eigenvalue weighted by atomic mass is 10.2. The number of rotatable bonds is 5. The Morgan fingerprint density at radius 1 is 1.42 bits per heavy atom. The second-order valence-corrected chi connectivity index (χ2v) is 4.40. The summed E-state index contributed by atoms with van der Waals surface area (Å²) in [7, 11) is 2.01. The minimum Gasteiger partial charge on any atom is -0.357 e. The molecular weight excluding hydrogens is 373 g/mol. The maximum Gasteiger partial charge on any atom is 0.194 e. The Morgan fingerprint density at radius 2 is 2.05 bits per heavy atom. The van der Waals surface area contributed by atoms with Crippen LogP contribution in [0.15, 0.2) is 41.9 Å². The van der Waals surface area contributed by atoms with Gasteiger partial charge in [-0.3, -0.25) is 0 Å². The van der Waals surface area contributed by atoms with Crippen molar-refractivity contribution in [1.29, 1.82) is 0 Å². The van der Waals surface area contributed by atoms with Crippen LogP contribution in [0.5, 0.6) is 0 Å². The van der Waals surface area contributed by atoms with Gasteiger partial charge in [0.25, 0.3) is 0 Å². The molecule has 0 fully saturated rings. The smallest absolute Gasteiger partial charge is 0.194 e. The molecule has 1 rings (SSSR count). The van der Waals surface area contributed by atoms with Crippen LogP contribution in [-0.2, 0) is 6.54 Å². The van der Waals surface area contributed by atoms with E-state index in [1.54, 1.807) is 6.08 Å². The molecule has 0 spiro atoms. The highest BCUT2D eigenvalue weighted by molar-refractivity contribution is 14.0. The van der Waals surface area contributed by atoms with Gasteiger partial charge in [0.2, 0.25) is 0 Å². The van der Waals surface area contributed by atoms with E-state index in [2.05, 4.69) is 28.7 Å². The molecule has 3 nitrogen and oxygen atoms in total. The van der Waals surface area contributed by atoms with Crippen molar-refractivity contribution < 1.29 is 0 Å². The topological polar surface area (TPSA) is 27.6 Å². The number of nitrogens with zero attached hydrogens (tertiary/aromatic N) is 2. The van der Waals surface area contributed by atoms with Gasteiger partial charge in [-0.05, 0) is 24.6 Å². The molecule has 0 heterocycles. The van der Waals surface area contributed by atoms with Crippen molar-refractivity contribution in [2.24, 2.45) is 4.99 Å². The highest BCUT2D eigenvalue weighted by Crippen LogP contribution is 2.10. The van der Waals surface area contributed by atoms with E-state index in [9.17, 15) is 0 Å². The summed E-state index contributed by atoms with van der Waals surface area (Å²) >= 11 is 5.87. The summed E-state index contributed by atoms with van der Waals surface area (Å²) in [5.74, 6) is 0.882. The lowest BCUT2D eigenvalue weighted by molar-refractivity contribution is 0.478. The fourth-order valence-corrected chi connectivity index (χ4v) is 1.69. The molecule has 106 valence electrons. The van der Waals surface area contributed by atoms with Crippen molar-refractivity contribution in [3.05, 3.63) is 47.5 Å². The first-order chi connectivity index (χ1) is 8.67. The fraction of sp³-hybridized carbons (Fsp3) is 0.357. The first-order valence-electron chi connectivity index (χ1n) is 6.02. The molecule has 0 aliphatic carbocycles. The van der Waals surface area contributed by atoms with E-state index >= 15 is 0 Å². The van der Waals surface area contributed by atoms with Crippen molar-refractivity contribution in [2.75, 3.05) is 20.1 Å². The Bertz CT molecular complexity index is 404. The number of benzene rings is 1. The molecule has 0 radical (unpaired) electrons. The Kier molecular flexibility index (Phi) is 9.69. The molecule has 0 unspecified atom stereocenters. The lowest BCUT2D eigenvalue weighted by Crippen LogP contribution is -2.38. The summed E-state index contributed by atoms with van der Waals surface area (Å²) < 4.78 is 0. The Hall–Kier alpha value is -0.750. The van der Waals surface area contributed by atoms with E-state index in [0.717, 1.165) is 24.1 Å². The molecule has 0 aliphatic heterocycles. The zero-order valence-electron chi connectivity index (χ0n) is 11.4. The molecule has 1 N–H and O–H groups in total. The average Bonchev–Trinajstić information content (AvgIpc) is 2.37. The minimum atomic E-state index is 0. The molecule has 0 aromatic heterocycles. The molecule has 0 saturated carbocycles. The van der Waals surface area contributed by atoms with Crippen LogP contribution in [0, 0.1) is 0 Å². The summed E-state index contributed by atoms with van der Waals surface area (Å²) in [6.07, 6.45) is 1.79. The van der Waals surface area contributed by atoms with Gasteiger partial charge in [0, 0.05) is 25.2 Å². The van der Waals surface area contributed by atoms with Crippen LogP contribution in [0.25, 0.3) is 0 Å². The van der Waals surface area contributed by atoms with Crippen molar-refractivity contribution in [2.45, 2.75) is 13.5 Å². The lowest BCUT2D eigenvalue weighted by Gasteiger charge is -2.22. The van der Waals surface area contributed by atoms with Crippen molar-refractivity contribution in [1.82, 2.24) is 10.2 Å². The van der Waals surface area contributed by atoms with Gasteiger partial charge in [-0.1, -0.05) is 29.8 Å². The van der Waals surface area contributed by atoms with Gasteiger partial charge in [-0.2, -0.15) is 0 Å². The van der Waals surface area contributed by atoms with Gasteiger partial charge >= 0.3 is 0 Å². The summed E-state index contributed by atoms with van der Waals surface area (Å²) in [4.78, 5) is 6.51. The zero-order chi connectivity index (χ0) is 13.4. The molecule has 0 atom stereocenters. The molecule has 1 aromatic rings. The predicted octanol–water partition coefficient (Wildman–Crippen LogP) is 3.54. The number of hydrogen-bond acceptors (Lipinski definition) is 1. The molecule has 19 heavy (non-hydrogen) atoms. The van der Waals surface area contributed by atoms with Crippen LogP contribution in [0.1, 0.15) is 12.5 Å². The monoisotopic (exact) mass is 393 g/mol. The second kappa shape index (κ2) is 10.1. The Labute approximate surface area is 137 Å². The van der Waals surface area contributed by atoms with Crippen LogP contribution in [0.2, 0.25) is 5.02 Å². The number of aliphatic imine (C=N–C) groups is 1. The van der Waals surface area contributed by atoms with Crippen LogP contribution in [0.3, 0.4) is 0 Å². The summed E-state index contributed by atoms with van der Waals surface area (Å²) in [5, 5.41) is 4.01. The molecule has 0 aliphatic rings. The van der Waals surface area contributed by atoms with Gasteiger partial charge in [0.15, 0.2) is 5.96 Å². The third-order valence-electron chi connectivity index (χ3n) is 2.40. The molecule has 0 saturated heterocycles. The van der Waals surface area contributed by atoms with E-state index in [1.807, 2.05) is 31.3 Å². The molecule has 0 amide bonds. The third-order valence-corrected chi connectivity index (χ3v) is 2.65. The first-order valence-corrected chi connectivity index (χ1v) is 6.40. The Morgan fingerprint density at radius 3 is 2.58 bits per heavy atom. The molecule has 1 aromatic carbocycles. The van der Waals surface area contributed by atoms with Crippen LogP contribution >= 0.6 is 35.6 Å². The van der Waals surface area contributed by atoms with Crippen molar-refractivity contribution in [3.8, 4) is 0 Å². The maximum absolute atomic E-state index is 5.87.